The van der Waals surface area contributed by atoms with Crippen molar-refractivity contribution in [1.82, 2.24) is 5.32 Å². The number of hydrogen-bond acceptors (Lipinski definition) is 4. The number of carbonyl (C=O) groups excluding carboxylic acids is 1. The number of benzene rings is 2. The SMILES string of the molecule is O=C(N[C@@H](c1ccc(F)cc1)[C@@H]1CCCO1)c1cc(Cl)c2c(c1)OCCCO2. The van der Waals surface area contributed by atoms with Gasteiger partial charge in [-0.2, -0.15) is 0 Å². The third kappa shape index (κ3) is 4.08. The van der Waals surface area contributed by atoms with Crippen molar-refractivity contribution in [3.8, 4) is 11.5 Å². The first kappa shape index (κ1) is 19.0. The summed E-state index contributed by atoms with van der Waals surface area (Å²) in [7, 11) is 0. The Labute approximate surface area is 167 Å². The van der Waals surface area contributed by atoms with Crippen LogP contribution in [-0.4, -0.2) is 31.8 Å². The Morgan fingerprint density at radius 3 is 2.64 bits per heavy atom. The summed E-state index contributed by atoms with van der Waals surface area (Å²) in [6.07, 6.45) is 2.33. The van der Waals surface area contributed by atoms with Crippen LogP contribution in [-0.2, 0) is 4.74 Å². The number of nitrogens with one attached hydrogen (secondary N) is 1. The number of ether oxygens (including phenoxy) is 3. The van der Waals surface area contributed by atoms with E-state index in [0.29, 0.717) is 41.9 Å². The zero-order valence-corrected chi connectivity index (χ0v) is 16.0. The van der Waals surface area contributed by atoms with Crippen LogP contribution in [0.2, 0.25) is 5.02 Å². The summed E-state index contributed by atoms with van der Waals surface area (Å²) in [6.45, 7) is 1.67. The lowest BCUT2D eigenvalue weighted by atomic mass is 9.98. The normalized spacial score (nSPS) is 19.7. The van der Waals surface area contributed by atoms with Crippen LogP contribution < -0.4 is 14.8 Å². The van der Waals surface area contributed by atoms with Crippen LogP contribution in [0.1, 0.15) is 41.2 Å². The Morgan fingerprint density at radius 1 is 1.11 bits per heavy atom. The average Bonchev–Trinajstić information content (AvgIpc) is 3.11. The molecule has 2 aromatic rings. The van der Waals surface area contributed by atoms with E-state index in [1.165, 1.54) is 12.1 Å². The monoisotopic (exact) mass is 405 g/mol. The van der Waals surface area contributed by atoms with Gasteiger partial charge in [-0.1, -0.05) is 23.7 Å². The lowest BCUT2D eigenvalue weighted by Crippen LogP contribution is -2.36. The first-order chi connectivity index (χ1) is 13.6. The second-order valence-corrected chi connectivity index (χ2v) is 7.30. The van der Waals surface area contributed by atoms with Gasteiger partial charge in [-0.15, -0.1) is 0 Å². The third-order valence-electron chi connectivity index (χ3n) is 4.92. The molecule has 148 valence electrons. The van der Waals surface area contributed by atoms with Crippen LogP contribution in [0.3, 0.4) is 0 Å². The highest BCUT2D eigenvalue weighted by Crippen LogP contribution is 2.38. The molecule has 1 amide bonds. The largest absolute Gasteiger partial charge is 0.489 e. The molecule has 2 aliphatic heterocycles. The van der Waals surface area contributed by atoms with Gasteiger partial charge >= 0.3 is 0 Å². The second-order valence-electron chi connectivity index (χ2n) is 6.89. The van der Waals surface area contributed by atoms with Gasteiger partial charge < -0.3 is 19.5 Å². The van der Waals surface area contributed by atoms with Crippen molar-refractivity contribution in [1.29, 1.82) is 0 Å². The van der Waals surface area contributed by atoms with Gasteiger partial charge in [-0.25, -0.2) is 4.39 Å². The minimum Gasteiger partial charge on any atom is -0.489 e. The maximum Gasteiger partial charge on any atom is 0.252 e. The van der Waals surface area contributed by atoms with E-state index in [9.17, 15) is 9.18 Å². The molecule has 28 heavy (non-hydrogen) atoms. The Kier molecular flexibility index (Phi) is 5.69. The molecule has 2 aromatic carbocycles. The number of hydrogen-bond donors (Lipinski definition) is 1. The molecule has 0 saturated carbocycles. The lowest BCUT2D eigenvalue weighted by Gasteiger charge is -2.25. The van der Waals surface area contributed by atoms with Gasteiger partial charge in [0.05, 0.1) is 30.4 Å². The Bertz CT molecular complexity index is 852. The molecule has 0 bridgehead atoms. The first-order valence-corrected chi connectivity index (χ1v) is 9.77. The molecular weight excluding hydrogens is 385 g/mol. The molecule has 1 fully saturated rings. The van der Waals surface area contributed by atoms with Crippen molar-refractivity contribution in [2.24, 2.45) is 0 Å². The van der Waals surface area contributed by atoms with Crippen LogP contribution >= 0.6 is 11.6 Å². The minimum absolute atomic E-state index is 0.162. The molecule has 2 atom stereocenters. The van der Waals surface area contributed by atoms with Gasteiger partial charge in [0.25, 0.3) is 5.91 Å². The van der Waals surface area contributed by atoms with Crippen molar-refractivity contribution in [3.05, 3.63) is 58.4 Å². The summed E-state index contributed by atoms with van der Waals surface area (Å²) in [6, 6.07) is 8.93. The van der Waals surface area contributed by atoms with Crippen molar-refractivity contribution in [2.75, 3.05) is 19.8 Å². The summed E-state index contributed by atoms with van der Waals surface area (Å²) in [4.78, 5) is 13.0. The van der Waals surface area contributed by atoms with Crippen LogP contribution in [0.5, 0.6) is 11.5 Å². The van der Waals surface area contributed by atoms with Crippen molar-refractivity contribution >= 4 is 17.5 Å². The molecule has 1 saturated heterocycles. The highest BCUT2D eigenvalue weighted by Gasteiger charge is 2.29. The van der Waals surface area contributed by atoms with Crippen molar-refractivity contribution < 1.29 is 23.4 Å². The Balaban J connectivity index is 1.60. The van der Waals surface area contributed by atoms with Gasteiger partial charge in [0, 0.05) is 18.6 Å². The third-order valence-corrected chi connectivity index (χ3v) is 5.20. The lowest BCUT2D eigenvalue weighted by molar-refractivity contribution is 0.0672. The molecular formula is C21H21ClFNO4. The zero-order valence-electron chi connectivity index (χ0n) is 15.3. The van der Waals surface area contributed by atoms with Gasteiger partial charge in [0.2, 0.25) is 0 Å². The van der Waals surface area contributed by atoms with E-state index in [2.05, 4.69) is 5.32 Å². The van der Waals surface area contributed by atoms with Crippen LogP contribution in [0.15, 0.2) is 36.4 Å². The van der Waals surface area contributed by atoms with Crippen LogP contribution in [0, 0.1) is 5.82 Å². The zero-order chi connectivity index (χ0) is 19.5. The molecule has 4 rings (SSSR count). The highest BCUT2D eigenvalue weighted by atomic mass is 35.5. The van der Waals surface area contributed by atoms with Crippen LogP contribution in [0.4, 0.5) is 4.39 Å². The minimum atomic E-state index is -0.384. The van der Waals surface area contributed by atoms with Gasteiger partial charge in [0.1, 0.15) is 5.82 Å². The van der Waals surface area contributed by atoms with E-state index < -0.39 is 0 Å². The second kappa shape index (κ2) is 8.37. The van der Waals surface area contributed by atoms with E-state index >= 15 is 0 Å². The number of amides is 1. The molecule has 0 radical (unpaired) electrons. The molecule has 0 spiro atoms. The first-order valence-electron chi connectivity index (χ1n) is 9.39. The Morgan fingerprint density at radius 2 is 1.89 bits per heavy atom. The fourth-order valence-electron chi connectivity index (χ4n) is 3.51. The topological polar surface area (TPSA) is 56.8 Å². The number of fused-ring (bicyclic) bond motifs is 1. The fraction of sp³-hybridized carbons (Fsp3) is 0.381. The molecule has 0 unspecified atom stereocenters. The van der Waals surface area contributed by atoms with Gasteiger partial charge in [-0.05, 0) is 42.7 Å². The molecule has 7 heteroatoms. The highest BCUT2D eigenvalue weighted by molar-refractivity contribution is 6.32. The molecule has 2 aliphatic rings. The summed E-state index contributed by atoms with van der Waals surface area (Å²) >= 11 is 6.31. The molecule has 0 aliphatic carbocycles. The van der Waals surface area contributed by atoms with Gasteiger partial charge in [-0.3, -0.25) is 4.79 Å². The molecule has 1 N–H and O–H groups in total. The average molecular weight is 406 g/mol. The van der Waals surface area contributed by atoms with E-state index in [4.69, 9.17) is 25.8 Å². The quantitative estimate of drug-likeness (QED) is 0.824. The maximum absolute atomic E-state index is 13.3. The van der Waals surface area contributed by atoms with Crippen molar-refractivity contribution in [3.63, 3.8) is 0 Å². The van der Waals surface area contributed by atoms with E-state index in [0.717, 1.165) is 24.8 Å². The standard InChI is InChI=1S/C21H21ClFNO4/c22-16-11-14(12-18-20(16)28-10-2-9-27-18)21(25)24-19(17-3-1-8-26-17)13-4-6-15(23)7-5-13/h4-7,11-12,17,19H,1-3,8-10H2,(H,24,25)/t17-,19-/m0/s1. The summed E-state index contributed by atoms with van der Waals surface area (Å²) in [5.74, 6) is 0.300. The number of carbonyl (C=O) groups is 1. The predicted molar refractivity (Wildman–Crippen MR) is 103 cm³/mol. The molecule has 0 aromatic heterocycles. The fourth-order valence-corrected chi connectivity index (χ4v) is 3.78. The van der Waals surface area contributed by atoms with E-state index in [-0.39, 0.29) is 23.9 Å². The number of rotatable bonds is 4. The number of halogens is 2. The predicted octanol–water partition coefficient (Wildman–Crippen LogP) is 4.29. The summed E-state index contributed by atoms with van der Waals surface area (Å²) in [5, 5.41) is 3.35. The van der Waals surface area contributed by atoms with E-state index in [1.54, 1.807) is 24.3 Å². The molecule has 2 heterocycles. The van der Waals surface area contributed by atoms with Gasteiger partial charge in [0.15, 0.2) is 11.5 Å². The smallest absolute Gasteiger partial charge is 0.252 e. The van der Waals surface area contributed by atoms with Crippen LogP contribution in [0.25, 0.3) is 0 Å². The summed E-state index contributed by atoms with van der Waals surface area (Å²) in [5.41, 5.74) is 1.17. The van der Waals surface area contributed by atoms with Crippen molar-refractivity contribution in [2.45, 2.75) is 31.4 Å². The molecule has 5 nitrogen and oxygen atoms in total. The summed E-state index contributed by atoms with van der Waals surface area (Å²) < 4.78 is 30.4. The van der Waals surface area contributed by atoms with E-state index in [1.807, 2.05) is 0 Å². The Hall–Kier alpha value is -2.31. The maximum atomic E-state index is 13.3.